The van der Waals surface area contributed by atoms with E-state index in [2.05, 4.69) is 25.1 Å². The van der Waals surface area contributed by atoms with E-state index in [0.717, 1.165) is 28.9 Å². The van der Waals surface area contributed by atoms with Gasteiger partial charge < -0.3 is 4.90 Å². The zero-order chi connectivity index (χ0) is 12.4. The van der Waals surface area contributed by atoms with E-state index in [4.69, 9.17) is 12.2 Å². The van der Waals surface area contributed by atoms with Gasteiger partial charge in [-0.2, -0.15) is 4.98 Å². The molecule has 5 nitrogen and oxygen atoms in total. The van der Waals surface area contributed by atoms with E-state index in [9.17, 15) is 0 Å². The molecule has 2 aromatic rings. The van der Waals surface area contributed by atoms with Crippen LogP contribution in [0, 0.1) is 4.77 Å². The number of hydrogen-bond acceptors (Lipinski definition) is 5. The van der Waals surface area contributed by atoms with Crippen LogP contribution >= 0.6 is 23.6 Å². The van der Waals surface area contributed by atoms with Gasteiger partial charge in [0.15, 0.2) is 11.0 Å². The number of nitrogens with one attached hydrogen (secondary N) is 2. The molecule has 0 aliphatic carbocycles. The molecule has 7 heteroatoms. The lowest BCUT2D eigenvalue weighted by Crippen LogP contribution is -2.23. The fourth-order valence-corrected chi connectivity index (χ4v) is 3.22. The number of aromatic amines is 2. The van der Waals surface area contributed by atoms with E-state index in [1.807, 2.05) is 6.20 Å². The molecule has 18 heavy (non-hydrogen) atoms. The second kappa shape index (κ2) is 5.19. The Labute approximate surface area is 114 Å². The lowest BCUT2D eigenvalue weighted by atomic mass is 10.2. The highest BCUT2D eigenvalue weighted by Crippen LogP contribution is 2.30. The van der Waals surface area contributed by atoms with Crippen LogP contribution in [-0.4, -0.2) is 33.3 Å². The van der Waals surface area contributed by atoms with Crippen molar-refractivity contribution < 1.29 is 0 Å². The molecular formula is C11H15N5S2. The molecule has 3 heterocycles. The number of nitrogens with zero attached hydrogens (tertiary/aromatic N) is 3. The van der Waals surface area contributed by atoms with E-state index in [1.54, 1.807) is 11.3 Å². The quantitative estimate of drug-likeness (QED) is 0.831. The second-order valence-corrected chi connectivity index (χ2v) is 5.82. The summed E-state index contributed by atoms with van der Waals surface area (Å²) >= 11 is 6.63. The largest absolute Gasteiger partial charge is 0.348 e. The van der Waals surface area contributed by atoms with Crippen LogP contribution in [0.25, 0.3) is 10.7 Å². The lowest BCUT2D eigenvalue weighted by molar-refractivity contribution is 0.726. The van der Waals surface area contributed by atoms with Gasteiger partial charge in [0.05, 0.1) is 11.1 Å². The monoisotopic (exact) mass is 281 g/mol. The number of H-pyrrole nitrogens is 2. The van der Waals surface area contributed by atoms with Crippen molar-refractivity contribution in [2.24, 2.45) is 0 Å². The van der Waals surface area contributed by atoms with Crippen LogP contribution in [-0.2, 0) is 0 Å². The Kier molecular flexibility index (Phi) is 3.42. The molecule has 0 bridgehead atoms. The normalized spacial score (nSPS) is 16.8. The molecule has 0 unspecified atom stereocenters. The first kappa shape index (κ1) is 11.9. The highest BCUT2D eigenvalue weighted by Gasteiger charge is 2.14. The molecule has 0 amide bonds. The van der Waals surface area contributed by atoms with Gasteiger partial charge in [-0.1, -0.05) is 24.2 Å². The summed E-state index contributed by atoms with van der Waals surface area (Å²) in [6, 6.07) is 0. The smallest absolute Gasteiger partial charge is 0.213 e. The van der Waals surface area contributed by atoms with Gasteiger partial charge in [0, 0.05) is 13.1 Å². The van der Waals surface area contributed by atoms with Gasteiger partial charge >= 0.3 is 0 Å². The predicted octanol–water partition coefficient (Wildman–Crippen LogP) is 2.97. The second-order valence-electron chi connectivity index (χ2n) is 4.42. The van der Waals surface area contributed by atoms with Gasteiger partial charge in [0.1, 0.15) is 0 Å². The molecule has 96 valence electrons. The summed E-state index contributed by atoms with van der Waals surface area (Å²) in [7, 11) is 0. The first-order chi connectivity index (χ1) is 8.83. The summed E-state index contributed by atoms with van der Waals surface area (Å²) in [6.07, 6.45) is 7.06. The molecule has 0 spiro atoms. The predicted molar refractivity (Wildman–Crippen MR) is 75.6 cm³/mol. The molecule has 0 radical (unpaired) electrons. The summed E-state index contributed by atoms with van der Waals surface area (Å²) in [5.41, 5.74) is 0. The van der Waals surface area contributed by atoms with Crippen LogP contribution in [0.5, 0.6) is 0 Å². The van der Waals surface area contributed by atoms with Crippen molar-refractivity contribution in [3.8, 4) is 10.7 Å². The number of thiazole rings is 1. The van der Waals surface area contributed by atoms with Crippen LogP contribution in [0.4, 0.5) is 5.13 Å². The summed E-state index contributed by atoms with van der Waals surface area (Å²) in [6.45, 7) is 2.23. The van der Waals surface area contributed by atoms with Crippen LogP contribution < -0.4 is 4.90 Å². The fourth-order valence-electron chi connectivity index (χ4n) is 2.17. The minimum atomic E-state index is 0.481. The number of anilines is 1. The van der Waals surface area contributed by atoms with Crippen molar-refractivity contribution in [3.05, 3.63) is 11.0 Å². The zero-order valence-electron chi connectivity index (χ0n) is 9.98. The van der Waals surface area contributed by atoms with Gasteiger partial charge in [-0.25, -0.2) is 4.98 Å². The highest BCUT2D eigenvalue weighted by molar-refractivity contribution is 7.71. The molecule has 0 aromatic carbocycles. The maximum absolute atomic E-state index is 4.96. The average molecular weight is 281 g/mol. The molecule has 0 saturated carbocycles. The van der Waals surface area contributed by atoms with Crippen LogP contribution in [0.15, 0.2) is 6.20 Å². The Hall–Kier alpha value is -1.21. The molecular weight excluding hydrogens is 266 g/mol. The molecule has 1 aliphatic rings. The third kappa shape index (κ3) is 2.46. The number of hydrogen-bond donors (Lipinski definition) is 2. The van der Waals surface area contributed by atoms with Gasteiger partial charge in [-0.15, -0.1) is 0 Å². The molecule has 3 rings (SSSR count). The van der Waals surface area contributed by atoms with Crippen molar-refractivity contribution in [2.45, 2.75) is 25.7 Å². The Bertz CT molecular complexity index is 562. The average Bonchev–Trinajstić information content (AvgIpc) is 2.92. The maximum Gasteiger partial charge on any atom is 0.213 e. The van der Waals surface area contributed by atoms with Crippen LogP contribution in [0.2, 0.25) is 0 Å². The van der Waals surface area contributed by atoms with E-state index < -0.39 is 0 Å². The van der Waals surface area contributed by atoms with E-state index in [0.29, 0.717) is 4.77 Å². The Morgan fingerprint density at radius 3 is 2.61 bits per heavy atom. The Morgan fingerprint density at radius 1 is 1.17 bits per heavy atom. The summed E-state index contributed by atoms with van der Waals surface area (Å²) in [5, 5.41) is 6.86. The summed E-state index contributed by atoms with van der Waals surface area (Å²) in [5.74, 6) is 0.776. The standard InChI is InChI=1S/C11H15N5S2/c17-10-13-9(14-15-10)8-7-12-11(18-8)16-5-3-1-2-4-6-16/h7H,1-6H2,(H2,13,14,15,17). The maximum atomic E-state index is 4.96. The molecule has 1 fully saturated rings. The highest BCUT2D eigenvalue weighted by atomic mass is 32.1. The minimum absolute atomic E-state index is 0.481. The summed E-state index contributed by atoms with van der Waals surface area (Å²) in [4.78, 5) is 12.1. The van der Waals surface area contributed by atoms with E-state index >= 15 is 0 Å². The van der Waals surface area contributed by atoms with Gasteiger partial charge in [0.25, 0.3) is 0 Å². The van der Waals surface area contributed by atoms with Gasteiger partial charge in [-0.3, -0.25) is 10.2 Å². The fraction of sp³-hybridized carbons (Fsp3) is 0.545. The molecule has 2 N–H and O–H groups in total. The van der Waals surface area contributed by atoms with Gasteiger partial charge in [0.2, 0.25) is 4.77 Å². The number of rotatable bonds is 2. The molecule has 1 saturated heterocycles. The first-order valence-corrected chi connectivity index (χ1v) is 7.41. The van der Waals surface area contributed by atoms with Crippen molar-refractivity contribution in [3.63, 3.8) is 0 Å². The molecule has 1 aliphatic heterocycles. The van der Waals surface area contributed by atoms with E-state index in [1.165, 1.54) is 25.7 Å². The zero-order valence-corrected chi connectivity index (χ0v) is 11.6. The van der Waals surface area contributed by atoms with Gasteiger partial charge in [-0.05, 0) is 25.1 Å². The van der Waals surface area contributed by atoms with Crippen LogP contribution in [0.3, 0.4) is 0 Å². The Morgan fingerprint density at radius 2 is 1.94 bits per heavy atom. The lowest BCUT2D eigenvalue weighted by Gasteiger charge is -2.18. The van der Waals surface area contributed by atoms with Crippen molar-refractivity contribution >= 4 is 28.7 Å². The first-order valence-electron chi connectivity index (χ1n) is 6.19. The van der Waals surface area contributed by atoms with E-state index in [-0.39, 0.29) is 0 Å². The minimum Gasteiger partial charge on any atom is -0.348 e. The number of aromatic nitrogens is 4. The van der Waals surface area contributed by atoms with Crippen molar-refractivity contribution in [1.82, 2.24) is 20.2 Å². The molecule has 0 atom stereocenters. The van der Waals surface area contributed by atoms with Crippen LogP contribution in [0.1, 0.15) is 25.7 Å². The Balaban J connectivity index is 1.82. The van der Waals surface area contributed by atoms with Crippen molar-refractivity contribution in [2.75, 3.05) is 18.0 Å². The molecule has 2 aromatic heterocycles. The topological polar surface area (TPSA) is 60.6 Å². The summed E-state index contributed by atoms with van der Waals surface area (Å²) < 4.78 is 0.481. The SMILES string of the molecule is S=c1nc(-c2cnc(N3CCCCCC3)s2)[nH][nH]1. The third-order valence-corrected chi connectivity index (χ3v) is 4.36. The third-order valence-electron chi connectivity index (χ3n) is 3.10. The van der Waals surface area contributed by atoms with Crippen molar-refractivity contribution in [1.29, 1.82) is 0 Å².